The minimum Gasteiger partial charge on any atom is -0.267 e. The number of allylic oxidation sites excluding steroid dienone is 1. The average molecular weight is 346 g/mol. The minimum absolute atomic E-state index is 0.0596. The van der Waals surface area contributed by atoms with Gasteiger partial charge in [-0.2, -0.15) is 5.10 Å². The molecule has 0 aromatic heterocycles. The number of nitrogens with zero attached hydrogens (tertiary/aromatic N) is 2. The van der Waals surface area contributed by atoms with E-state index in [1.165, 1.54) is 5.56 Å². The second-order valence-electron chi connectivity index (χ2n) is 7.39. The molecule has 2 aromatic carbocycles. The summed E-state index contributed by atoms with van der Waals surface area (Å²) in [4.78, 5) is 13.4. The first-order valence-electron chi connectivity index (χ1n) is 9.09. The fraction of sp³-hybridized carbons (Fsp3) is 0.304. The van der Waals surface area contributed by atoms with E-state index < -0.39 is 0 Å². The number of hydrogen-bond donors (Lipinski definition) is 0. The molecular formula is C23H26N2O. The van der Waals surface area contributed by atoms with Gasteiger partial charge in [0.25, 0.3) is 5.91 Å². The van der Waals surface area contributed by atoms with E-state index in [1.54, 1.807) is 5.01 Å². The SMILES string of the molecule is C=C(C)c1ccccc1C(=O)N1N=C(c2cccc(C)c2)CC1(C)CC. The van der Waals surface area contributed by atoms with Gasteiger partial charge in [0.05, 0.1) is 11.3 Å². The maximum atomic E-state index is 13.4. The summed E-state index contributed by atoms with van der Waals surface area (Å²) in [7, 11) is 0. The van der Waals surface area contributed by atoms with Crippen LogP contribution in [0.2, 0.25) is 0 Å². The number of hydrazone groups is 1. The Hall–Kier alpha value is -2.68. The predicted molar refractivity (Wildman–Crippen MR) is 108 cm³/mol. The van der Waals surface area contributed by atoms with Gasteiger partial charge in [-0.15, -0.1) is 0 Å². The van der Waals surface area contributed by atoms with Crippen molar-refractivity contribution >= 4 is 17.2 Å². The largest absolute Gasteiger partial charge is 0.275 e. The number of benzene rings is 2. The number of carbonyl (C=O) groups excluding carboxylic acids is 1. The quantitative estimate of drug-likeness (QED) is 0.725. The molecule has 3 rings (SSSR count). The van der Waals surface area contributed by atoms with Gasteiger partial charge in [0.1, 0.15) is 0 Å². The maximum absolute atomic E-state index is 13.4. The average Bonchev–Trinajstić information content (AvgIpc) is 2.99. The molecule has 26 heavy (non-hydrogen) atoms. The second kappa shape index (κ2) is 6.91. The van der Waals surface area contributed by atoms with E-state index in [1.807, 2.05) is 37.3 Å². The molecule has 1 amide bonds. The number of carbonyl (C=O) groups is 1. The third-order valence-electron chi connectivity index (χ3n) is 5.20. The third kappa shape index (κ3) is 3.22. The van der Waals surface area contributed by atoms with Crippen LogP contribution in [-0.2, 0) is 0 Å². The van der Waals surface area contributed by atoms with Crippen molar-refractivity contribution in [2.24, 2.45) is 5.10 Å². The molecular weight excluding hydrogens is 320 g/mol. The molecule has 0 N–H and O–H groups in total. The molecule has 1 heterocycles. The molecule has 0 spiro atoms. The van der Waals surface area contributed by atoms with Gasteiger partial charge in [0.15, 0.2) is 0 Å². The fourth-order valence-electron chi connectivity index (χ4n) is 3.42. The Morgan fingerprint density at radius 2 is 1.88 bits per heavy atom. The van der Waals surface area contributed by atoms with Crippen molar-refractivity contribution in [1.29, 1.82) is 0 Å². The van der Waals surface area contributed by atoms with E-state index in [-0.39, 0.29) is 11.4 Å². The van der Waals surface area contributed by atoms with Gasteiger partial charge in [0, 0.05) is 12.0 Å². The van der Waals surface area contributed by atoms with Crippen molar-refractivity contribution in [1.82, 2.24) is 5.01 Å². The summed E-state index contributed by atoms with van der Waals surface area (Å²) in [6.45, 7) is 12.2. The highest BCUT2D eigenvalue weighted by molar-refractivity contribution is 6.06. The van der Waals surface area contributed by atoms with Gasteiger partial charge in [-0.25, -0.2) is 5.01 Å². The van der Waals surface area contributed by atoms with Crippen molar-refractivity contribution < 1.29 is 4.79 Å². The van der Waals surface area contributed by atoms with E-state index in [9.17, 15) is 4.79 Å². The van der Waals surface area contributed by atoms with Gasteiger partial charge in [-0.05, 0) is 44.4 Å². The Labute approximate surface area is 156 Å². The van der Waals surface area contributed by atoms with Gasteiger partial charge >= 0.3 is 0 Å². The smallest absolute Gasteiger partial charge is 0.267 e. The summed E-state index contributed by atoms with van der Waals surface area (Å²) < 4.78 is 0. The molecule has 0 saturated heterocycles. The minimum atomic E-state index is -0.321. The van der Waals surface area contributed by atoms with Crippen LogP contribution in [0, 0.1) is 6.92 Å². The van der Waals surface area contributed by atoms with Crippen LogP contribution in [0.1, 0.15) is 60.7 Å². The van der Waals surface area contributed by atoms with Crippen LogP contribution in [0.15, 0.2) is 60.2 Å². The van der Waals surface area contributed by atoms with Crippen molar-refractivity contribution in [3.63, 3.8) is 0 Å². The van der Waals surface area contributed by atoms with E-state index in [0.717, 1.165) is 35.3 Å². The van der Waals surface area contributed by atoms with E-state index in [4.69, 9.17) is 5.10 Å². The molecule has 3 nitrogen and oxygen atoms in total. The zero-order valence-electron chi connectivity index (χ0n) is 16.0. The van der Waals surface area contributed by atoms with E-state index in [0.29, 0.717) is 5.56 Å². The highest BCUT2D eigenvalue weighted by Crippen LogP contribution is 2.35. The third-order valence-corrected chi connectivity index (χ3v) is 5.20. The van der Waals surface area contributed by atoms with Crippen LogP contribution in [0.25, 0.3) is 5.57 Å². The summed E-state index contributed by atoms with van der Waals surface area (Å²) in [6.07, 6.45) is 1.60. The Bertz CT molecular complexity index is 897. The summed E-state index contributed by atoms with van der Waals surface area (Å²) in [5, 5.41) is 6.46. The molecule has 0 saturated carbocycles. The fourth-order valence-corrected chi connectivity index (χ4v) is 3.42. The zero-order chi connectivity index (χ0) is 18.9. The molecule has 134 valence electrons. The number of rotatable bonds is 4. The molecule has 1 aliphatic heterocycles. The number of aryl methyl sites for hydroxylation is 1. The second-order valence-corrected chi connectivity index (χ2v) is 7.39. The topological polar surface area (TPSA) is 32.7 Å². The lowest BCUT2D eigenvalue weighted by Crippen LogP contribution is -2.43. The number of hydrogen-bond acceptors (Lipinski definition) is 2. The monoisotopic (exact) mass is 346 g/mol. The predicted octanol–water partition coefficient (Wildman–Crippen LogP) is 5.45. The molecule has 0 fully saturated rings. The normalized spacial score (nSPS) is 19.4. The highest BCUT2D eigenvalue weighted by atomic mass is 16.2. The zero-order valence-corrected chi connectivity index (χ0v) is 16.0. The number of amides is 1. The van der Waals surface area contributed by atoms with Gasteiger partial charge in [-0.1, -0.05) is 67.1 Å². The molecule has 2 aromatic rings. The van der Waals surface area contributed by atoms with Crippen LogP contribution in [0.5, 0.6) is 0 Å². The van der Waals surface area contributed by atoms with Gasteiger partial charge in [0.2, 0.25) is 0 Å². The van der Waals surface area contributed by atoms with Crippen LogP contribution < -0.4 is 0 Å². The first-order chi connectivity index (χ1) is 12.4. The summed E-state index contributed by atoms with van der Waals surface area (Å²) in [5.41, 5.74) is 5.37. The molecule has 0 bridgehead atoms. The highest BCUT2D eigenvalue weighted by Gasteiger charge is 2.41. The Balaban J connectivity index is 2.04. The van der Waals surface area contributed by atoms with E-state index in [2.05, 4.69) is 45.5 Å². The lowest BCUT2D eigenvalue weighted by Gasteiger charge is -2.32. The lowest BCUT2D eigenvalue weighted by atomic mass is 9.89. The van der Waals surface area contributed by atoms with Crippen LogP contribution in [0.4, 0.5) is 0 Å². The van der Waals surface area contributed by atoms with Crippen LogP contribution >= 0.6 is 0 Å². The first-order valence-corrected chi connectivity index (χ1v) is 9.09. The maximum Gasteiger partial charge on any atom is 0.275 e. The first kappa shape index (κ1) is 18.1. The Morgan fingerprint density at radius 1 is 1.19 bits per heavy atom. The summed E-state index contributed by atoms with van der Waals surface area (Å²) in [6, 6.07) is 15.9. The van der Waals surface area contributed by atoms with Crippen molar-refractivity contribution in [3.8, 4) is 0 Å². The Kier molecular flexibility index (Phi) is 4.82. The van der Waals surface area contributed by atoms with Crippen molar-refractivity contribution in [2.75, 3.05) is 0 Å². The van der Waals surface area contributed by atoms with Gasteiger partial charge < -0.3 is 0 Å². The van der Waals surface area contributed by atoms with Crippen molar-refractivity contribution in [3.05, 3.63) is 77.4 Å². The van der Waals surface area contributed by atoms with Crippen molar-refractivity contribution in [2.45, 2.75) is 46.1 Å². The molecule has 0 aliphatic carbocycles. The molecule has 3 heteroatoms. The molecule has 1 atom stereocenters. The van der Waals surface area contributed by atoms with Crippen LogP contribution in [-0.4, -0.2) is 22.2 Å². The molecule has 0 radical (unpaired) electrons. The Morgan fingerprint density at radius 3 is 2.50 bits per heavy atom. The summed E-state index contributed by atoms with van der Waals surface area (Å²) in [5.74, 6) is -0.0596. The summed E-state index contributed by atoms with van der Waals surface area (Å²) >= 11 is 0. The lowest BCUT2D eigenvalue weighted by molar-refractivity contribution is 0.0571. The van der Waals surface area contributed by atoms with Crippen LogP contribution in [0.3, 0.4) is 0 Å². The van der Waals surface area contributed by atoms with E-state index >= 15 is 0 Å². The molecule has 1 aliphatic rings. The van der Waals surface area contributed by atoms with Gasteiger partial charge in [-0.3, -0.25) is 4.79 Å². The molecule has 1 unspecified atom stereocenters. The standard InChI is InChI=1S/C23H26N2O/c1-6-23(5)15-21(18-11-9-10-17(4)14-18)24-25(23)22(26)20-13-8-7-12-19(20)16(2)3/h7-14H,2,6,15H2,1,3-5H3.